The molecule has 0 saturated carbocycles. The van der Waals surface area contributed by atoms with Crippen molar-refractivity contribution in [2.45, 2.75) is 0 Å². The van der Waals surface area contributed by atoms with Crippen molar-refractivity contribution in [3.63, 3.8) is 0 Å². The van der Waals surface area contributed by atoms with E-state index in [1.54, 1.807) is 17.2 Å². The molecule has 0 saturated heterocycles. The van der Waals surface area contributed by atoms with Gasteiger partial charge in [-0.1, -0.05) is 0 Å². The van der Waals surface area contributed by atoms with Gasteiger partial charge in [-0.15, -0.1) is 0 Å². The molecule has 5 heteroatoms. The van der Waals surface area contributed by atoms with Crippen molar-refractivity contribution in [1.29, 1.82) is 0 Å². The zero-order valence-electron chi connectivity index (χ0n) is 6.02. The maximum absolute atomic E-state index is 4.06. The van der Waals surface area contributed by atoms with Gasteiger partial charge in [-0.3, -0.25) is 0 Å². The first-order chi connectivity index (χ1) is 5.42. The number of imidazole rings is 1. The van der Waals surface area contributed by atoms with Crippen molar-refractivity contribution >= 4 is 11.2 Å². The second kappa shape index (κ2) is 2.19. The van der Waals surface area contributed by atoms with Gasteiger partial charge in [-0.2, -0.15) is 0 Å². The zero-order valence-corrected chi connectivity index (χ0v) is 6.02. The highest BCUT2D eigenvalue weighted by Crippen LogP contribution is 2.03. The summed E-state index contributed by atoms with van der Waals surface area (Å²) >= 11 is 0. The number of rotatable bonds is 1. The van der Waals surface area contributed by atoms with Gasteiger partial charge in [0.2, 0.25) is 0 Å². The molecule has 0 aromatic carbocycles. The van der Waals surface area contributed by atoms with Crippen LogP contribution >= 0.6 is 0 Å². The van der Waals surface area contributed by atoms with Crippen molar-refractivity contribution in [1.82, 2.24) is 19.6 Å². The van der Waals surface area contributed by atoms with Crippen LogP contribution in [0, 0.1) is 0 Å². The van der Waals surface area contributed by atoms with E-state index in [0.717, 1.165) is 11.2 Å². The molecule has 0 radical (unpaired) electrons. The topological polar surface area (TPSA) is 55.6 Å². The third-order valence-corrected chi connectivity index (χ3v) is 1.45. The quantitative estimate of drug-likeness (QED) is 0.620. The summed E-state index contributed by atoms with van der Waals surface area (Å²) in [7, 11) is 1.81. The maximum atomic E-state index is 4.06. The Morgan fingerprint density at radius 1 is 1.45 bits per heavy atom. The van der Waals surface area contributed by atoms with Crippen molar-refractivity contribution in [2.24, 2.45) is 0 Å². The SMILES string of the molecule is CNn1cnc2cncnc21. The zero-order chi connectivity index (χ0) is 7.68. The lowest BCUT2D eigenvalue weighted by atomic mass is 10.6. The number of aromatic nitrogens is 4. The minimum absolute atomic E-state index is 0.793. The normalized spacial score (nSPS) is 10.3. The van der Waals surface area contributed by atoms with Crippen LogP contribution < -0.4 is 5.43 Å². The van der Waals surface area contributed by atoms with Gasteiger partial charge < -0.3 is 5.43 Å². The largest absolute Gasteiger partial charge is 0.326 e. The molecular weight excluding hydrogens is 142 g/mol. The highest BCUT2D eigenvalue weighted by atomic mass is 15.4. The second-order valence-corrected chi connectivity index (χ2v) is 2.07. The van der Waals surface area contributed by atoms with Crippen molar-refractivity contribution in [2.75, 3.05) is 12.5 Å². The van der Waals surface area contributed by atoms with E-state index in [1.807, 2.05) is 7.05 Å². The summed E-state index contributed by atoms with van der Waals surface area (Å²) in [5.74, 6) is 0. The van der Waals surface area contributed by atoms with Crippen LogP contribution in [0.5, 0.6) is 0 Å². The van der Waals surface area contributed by atoms with Gasteiger partial charge in [-0.25, -0.2) is 19.6 Å². The van der Waals surface area contributed by atoms with Gasteiger partial charge in [-0.05, 0) is 0 Å². The predicted octanol–water partition coefficient (Wildman–Crippen LogP) is -0.000400. The Hall–Kier alpha value is -1.65. The Balaban J connectivity index is 2.76. The molecule has 2 aromatic rings. The smallest absolute Gasteiger partial charge is 0.181 e. The maximum Gasteiger partial charge on any atom is 0.181 e. The molecule has 0 spiro atoms. The van der Waals surface area contributed by atoms with Crippen molar-refractivity contribution in [3.05, 3.63) is 18.9 Å². The van der Waals surface area contributed by atoms with E-state index in [1.165, 1.54) is 6.33 Å². The fourth-order valence-electron chi connectivity index (χ4n) is 0.931. The van der Waals surface area contributed by atoms with Crippen LogP contribution in [0.15, 0.2) is 18.9 Å². The van der Waals surface area contributed by atoms with Crippen molar-refractivity contribution in [3.8, 4) is 0 Å². The number of hydrogen-bond donors (Lipinski definition) is 1. The van der Waals surface area contributed by atoms with Crippen LogP contribution in [-0.2, 0) is 0 Å². The summed E-state index contributed by atoms with van der Waals surface area (Å²) in [6, 6.07) is 0. The minimum atomic E-state index is 0.793. The molecule has 56 valence electrons. The summed E-state index contributed by atoms with van der Waals surface area (Å²) < 4.78 is 1.73. The lowest BCUT2D eigenvalue weighted by Crippen LogP contribution is -2.07. The lowest BCUT2D eigenvalue weighted by Gasteiger charge is -1.97. The third kappa shape index (κ3) is 0.813. The second-order valence-electron chi connectivity index (χ2n) is 2.07. The molecule has 0 aliphatic heterocycles. The van der Waals surface area contributed by atoms with Crippen LogP contribution in [0.3, 0.4) is 0 Å². The van der Waals surface area contributed by atoms with E-state index < -0.39 is 0 Å². The van der Waals surface area contributed by atoms with Gasteiger partial charge in [0.05, 0.1) is 6.20 Å². The molecule has 11 heavy (non-hydrogen) atoms. The summed E-state index contributed by atoms with van der Waals surface area (Å²) in [6.45, 7) is 0. The van der Waals surface area contributed by atoms with Gasteiger partial charge >= 0.3 is 0 Å². The Kier molecular flexibility index (Phi) is 1.21. The Labute approximate surface area is 63.1 Å². The molecule has 0 amide bonds. The van der Waals surface area contributed by atoms with Crippen LogP contribution in [0.25, 0.3) is 11.2 Å². The highest BCUT2D eigenvalue weighted by molar-refractivity contribution is 5.68. The summed E-state index contributed by atoms with van der Waals surface area (Å²) in [5.41, 5.74) is 4.50. The molecule has 0 aliphatic carbocycles. The van der Waals surface area contributed by atoms with Crippen LogP contribution in [0.4, 0.5) is 0 Å². The minimum Gasteiger partial charge on any atom is -0.326 e. The Morgan fingerprint density at radius 3 is 3.18 bits per heavy atom. The van der Waals surface area contributed by atoms with E-state index in [9.17, 15) is 0 Å². The van der Waals surface area contributed by atoms with Gasteiger partial charge in [0.1, 0.15) is 18.2 Å². The molecule has 0 bridgehead atoms. The van der Waals surface area contributed by atoms with E-state index in [-0.39, 0.29) is 0 Å². The molecule has 0 fully saturated rings. The Bertz CT molecular complexity index is 366. The first kappa shape index (κ1) is 6.09. The van der Waals surface area contributed by atoms with Crippen LogP contribution in [0.1, 0.15) is 0 Å². The molecule has 0 aliphatic rings. The lowest BCUT2D eigenvalue weighted by molar-refractivity contribution is 0.937. The fourth-order valence-corrected chi connectivity index (χ4v) is 0.931. The summed E-state index contributed by atoms with van der Waals surface area (Å²) in [6.07, 6.45) is 4.84. The summed E-state index contributed by atoms with van der Waals surface area (Å²) in [4.78, 5) is 11.9. The van der Waals surface area contributed by atoms with E-state index in [0.29, 0.717) is 0 Å². The average Bonchev–Trinajstić information content (AvgIpc) is 2.47. The van der Waals surface area contributed by atoms with Gasteiger partial charge in [0.15, 0.2) is 5.65 Å². The molecule has 2 heterocycles. The molecule has 2 rings (SSSR count). The molecule has 0 atom stereocenters. The van der Waals surface area contributed by atoms with Gasteiger partial charge in [0.25, 0.3) is 0 Å². The molecule has 5 nitrogen and oxygen atoms in total. The predicted molar refractivity (Wildman–Crippen MR) is 40.6 cm³/mol. The third-order valence-electron chi connectivity index (χ3n) is 1.45. The summed E-state index contributed by atoms with van der Waals surface area (Å²) in [5, 5.41) is 0. The number of hydrogen-bond acceptors (Lipinski definition) is 4. The number of nitrogens with one attached hydrogen (secondary N) is 1. The average molecular weight is 149 g/mol. The molecular formula is C6H7N5. The molecule has 0 unspecified atom stereocenters. The van der Waals surface area contributed by atoms with E-state index >= 15 is 0 Å². The standard InChI is InChI=1S/C6H7N5/c1-7-11-4-10-5-2-8-3-9-6(5)11/h2-4,7H,1H3. The first-order valence-corrected chi connectivity index (χ1v) is 3.22. The monoisotopic (exact) mass is 149 g/mol. The van der Waals surface area contributed by atoms with Crippen molar-refractivity contribution < 1.29 is 0 Å². The first-order valence-electron chi connectivity index (χ1n) is 3.22. The Morgan fingerprint density at radius 2 is 2.36 bits per heavy atom. The molecule has 2 aromatic heterocycles. The highest BCUT2D eigenvalue weighted by Gasteiger charge is 1.99. The molecule has 1 N–H and O–H groups in total. The van der Waals surface area contributed by atoms with Crippen LogP contribution in [0.2, 0.25) is 0 Å². The van der Waals surface area contributed by atoms with E-state index in [2.05, 4.69) is 20.4 Å². The van der Waals surface area contributed by atoms with Crippen LogP contribution in [-0.4, -0.2) is 26.7 Å². The number of nitrogens with zero attached hydrogens (tertiary/aromatic N) is 4. The van der Waals surface area contributed by atoms with Gasteiger partial charge in [0, 0.05) is 7.05 Å². The van der Waals surface area contributed by atoms with E-state index in [4.69, 9.17) is 0 Å². The fraction of sp³-hybridized carbons (Fsp3) is 0.167. The number of fused-ring (bicyclic) bond motifs is 1.